The summed E-state index contributed by atoms with van der Waals surface area (Å²) in [6.07, 6.45) is 7.28. The van der Waals surface area contributed by atoms with Crippen LogP contribution in [0.1, 0.15) is 32.1 Å². The molecule has 5 heteroatoms. The molecule has 1 saturated carbocycles. The Morgan fingerprint density at radius 1 is 1.40 bits per heavy atom. The van der Waals surface area contributed by atoms with Crippen LogP contribution in [0, 0.1) is 10.1 Å². The Bertz CT molecular complexity index is 272. The molecule has 0 unspecified atom stereocenters. The largest absolute Gasteiger partial charge is 0.365 e. The summed E-state index contributed by atoms with van der Waals surface area (Å²) in [6.45, 7) is 1.74. The van der Waals surface area contributed by atoms with Crippen LogP contribution in [-0.4, -0.2) is 29.0 Å². The van der Waals surface area contributed by atoms with Gasteiger partial charge in [-0.2, -0.15) is 0 Å². The van der Waals surface area contributed by atoms with Gasteiger partial charge >= 0.3 is 0 Å². The van der Waals surface area contributed by atoms with Crippen molar-refractivity contribution in [2.75, 3.05) is 13.1 Å². The first-order valence-electron chi connectivity index (χ1n) is 5.63. The maximum atomic E-state index is 10.4. The molecule has 0 spiro atoms. The average molecular weight is 211 g/mol. The van der Waals surface area contributed by atoms with Gasteiger partial charge in [0, 0.05) is 19.1 Å². The van der Waals surface area contributed by atoms with Crippen LogP contribution in [0.25, 0.3) is 0 Å². The fourth-order valence-electron chi connectivity index (χ4n) is 2.52. The Balaban J connectivity index is 2.03. The number of nitrogens with one attached hydrogen (secondary N) is 1. The van der Waals surface area contributed by atoms with E-state index in [1.807, 2.05) is 0 Å². The molecule has 2 aliphatic rings. The predicted molar refractivity (Wildman–Crippen MR) is 56.7 cm³/mol. The Hall–Kier alpha value is -1.26. The van der Waals surface area contributed by atoms with E-state index < -0.39 is 0 Å². The number of nitro groups is 1. The quantitative estimate of drug-likeness (QED) is 0.552. The van der Waals surface area contributed by atoms with Crippen LogP contribution in [0.5, 0.6) is 0 Å². The third-order valence-corrected chi connectivity index (χ3v) is 3.21. The zero-order valence-electron chi connectivity index (χ0n) is 8.82. The lowest BCUT2D eigenvalue weighted by Crippen LogP contribution is -2.34. The second kappa shape index (κ2) is 4.51. The standard InChI is InChI=1S/C10H17N3O2/c14-13(15)8-10-11-6-7-12(10)9-4-2-1-3-5-9/h8-9,11H,1-7H2/b10-8+. The van der Waals surface area contributed by atoms with Gasteiger partial charge in [-0.3, -0.25) is 10.1 Å². The zero-order valence-corrected chi connectivity index (χ0v) is 8.82. The van der Waals surface area contributed by atoms with E-state index in [0.717, 1.165) is 19.3 Å². The molecule has 0 atom stereocenters. The Morgan fingerprint density at radius 3 is 2.80 bits per heavy atom. The van der Waals surface area contributed by atoms with E-state index in [-0.39, 0.29) is 4.92 Å². The molecule has 15 heavy (non-hydrogen) atoms. The molecule has 0 aromatic rings. The highest BCUT2D eigenvalue weighted by Gasteiger charge is 2.27. The first-order valence-corrected chi connectivity index (χ1v) is 5.63. The molecule has 0 aromatic carbocycles. The van der Waals surface area contributed by atoms with Crippen molar-refractivity contribution >= 4 is 0 Å². The van der Waals surface area contributed by atoms with Gasteiger partial charge in [0.25, 0.3) is 6.20 Å². The molecule has 0 aromatic heterocycles. The Morgan fingerprint density at radius 2 is 2.13 bits per heavy atom. The summed E-state index contributed by atoms with van der Waals surface area (Å²) in [4.78, 5) is 12.2. The second-order valence-electron chi connectivity index (χ2n) is 4.21. The van der Waals surface area contributed by atoms with Gasteiger partial charge in [-0.25, -0.2) is 0 Å². The zero-order chi connectivity index (χ0) is 10.7. The van der Waals surface area contributed by atoms with Gasteiger partial charge in [0.15, 0.2) is 5.82 Å². The minimum absolute atomic E-state index is 0.372. The summed E-state index contributed by atoms with van der Waals surface area (Å²) in [5, 5.41) is 13.5. The smallest absolute Gasteiger partial charge is 0.274 e. The van der Waals surface area contributed by atoms with Gasteiger partial charge in [0.2, 0.25) is 0 Å². The number of hydrogen-bond acceptors (Lipinski definition) is 4. The van der Waals surface area contributed by atoms with Crippen molar-refractivity contribution < 1.29 is 4.92 Å². The minimum atomic E-state index is -0.372. The molecular formula is C10H17N3O2. The molecule has 84 valence electrons. The summed E-state index contributed by atoms with van der Waals surface area (Å²) in [7, 11) is 0. The Labute approximate surface area is 89.3 Å². The van der Waals surface area contributed by atoms with Gasteiger partial charge in [-0.15, -0.1) is 0 Å². The van der Waals surface area contributed by atoms with Crippen LogP contribution in [0.4, 0.5) is 0 Å². The highest BCUT2D eigenvalue weighted by Crippen LogP contribution is 2.25. The topological polar surface area (TPSA) is 58.4 Å². The summed E-state index contributed by atoms with van der Waals surface area (Å²) >= 11 is 0. The molecule has 1 N–H and O–H groups in total. The summed E-state index contributed by atoms with van der Waals surface area (Å²) in [5.74, 6) is 0.701. The van der Waals surface area contributed by atoms with Crippen molar-refractivity contribution in [1.82, 2.24) is 10.2 Å². The van der Waals surface area contributed by atoms with Crippen molar-refractivity contribution in [3.63, 3.8) is 0 Å². The molecule has 0 amide bonds. The van der Waals surface area contributed by atoms with Crippen LogP contribution >= 0.6 is 0 Å². The lowest BCUT2D eigenvalue weighted by atomic mass is 9.94. The highest BCUT2D eigenvalue weighted by atomic mass is 16.6. The normalized spacial score (nSPS) is 25.6. The van der Waals surface area contributed by atoms with Crippen molar-refractivity contribution in [1.29, 1.82) is 0 Å². The molecular weight excluding hydrogens is 194 g/mol. The number of nitrogens with zero attached hydrogens (tertiary/aromatic N) is 2. The van der Waals surface area contributed by atoms with Crippen molar-refractivity contribution in [2.45, 2.75) is 38.1 Å². The summed E-state index contributed by atoms with van der Waals surface area (Å²) in [5.41, 5.74) is 0. The SMILES string of the molecule is O=[N+]([O-])/C=C1\NCCN1C1CCCCC1. The molecule has 5 nitrogen and oxygen atoms in total. The van der Waals surface area contributed by atoms with Gasteiger partial charge in [-0.1, -0.05) is 19.3 Å². The minimum Gasteiger partial charge on any atom is -0.365 e. The van der Waals surface area contributed by atoms with Crippen LogP contribution in [0.15, 0.2) is 12.0 Å². The lowest BCUT2D eigenvalue weighted by Gasteiger charge is -2.31. The maximum absolute atomic E-state index is 10.4. The molecule has 1 saturated heterocycles. The van der Waals surface area contributed by atoms with E-state index in [2.05, 4.69) is 10.2 Å². The van der Waals surface area contributed by atoms with E-state index in [1.54, 1.807) is 0 Å². The molecule has 0 radical (unpaired) electrons. The average Bonchev–Trinajstić information content (AvgIpc) is 2.66. The predicted octanol–water partition coefficient (Wildman–Crippen LogP) is 1.30. The lowest BCUT2D eigenvalue weighted by molar-refractivity contribution is -0.404. The fraction of sp³-hybridized carbons (Fsp3) is 0.800. The number of rotatable bonds is 2. The third kappa shape index (κ3) is 2.40. The molecule has 1 heterocycles. The number of hydrogen-bond donors (Lipinski definition) is 1. The maximum Gasteiger partial charge on any atom is 0.274 e. The van der Waals surface area contributed by atoms with E-state index in [0.29, 0.717) is 11.9 Å². The molecule has 1 aliphatic carbocycles. The van der Waals surface area contributed by atoms with Gasteiger partial charge in [0.05, 0.1) is 4.92 Å². The van der Waals surface area contributed by atoms with Crippen molar-refractivity contribution in [2.24, 2.45) is 0 Å². The second-order valence-corrected chi connectivity index (χ2v) is 4.21. The van der Waals surface area contributed by atoms with Gasteiger partial charge < -0.3 is 10.2 Å². The fourth-order valence-corrected chi connectivity index (χ4v) is 2.52. The van der Waals surface area contributed by atoms with Crippen molar-refractivity contribution in [3.8, 4) is 0 Å². The highest BCUT2D eigenvalue weighted by molar-refractivity contribution is 5.03. The molecule has 1 aliphatic heterocycles. The Kier molecular flexibility index (Phi) is 3.08. The molecule has 2 fully saturated rings. The molecule has 0 bridgehead atoms. The van der Waals surface area contributed by atoms with E-state index >= 15 is 0 Å². The molecule has 2 rings (SSSR count). The third-order valence-electron chi connectivity index (χ3n) is 3.21. The monoisotopic (exact) mass is 211 g/mol. The van der Waals surface area contributed by atoms with Gasteiger partial charge in [-0.05, 0) is 12.8 Å². The summed E-state index contributed by atoms with van der Waals surface area (Å²) < 4.78 is 0. The van der Waals surface area contributed by atoms with Crippen molar-refractivity contribution in [3.05, 3.63) is 22.1 Å². The van der Waals surface area contributed by atoms with Crippen LogP contribution in [0.2, 0.25) is 0 Å². The van der Waals surface area contributed by atoms with Crippen LogP contribution in [-0.2, 0) is 0 Å². The van der Waals surface area contributed by atoms with E-state index in [1.165, 1.54) is 32.1 Å². The van der Waals surface area contributed by atoms with Crippen LogP contribution < -0.4 is 5.32 Å². The first kappa shape index (κ1) is 10.3. The van der Waals surface area contributed by atoms with E-state index in [4.69, 9.17) is 0 Å². The van der Waals surface area contributed by atoms with Crippen LogP contribution in [0.3, 0.4) is 0 Å². The van der Waals surface area contributed by atoms with Gasteiger partial charge in [0.1, 0.15) is 0 Å². The summed E-state index contributed by atoms with van der Waals surface area (Å²) in [6, 6.07) is 0.514. The first-order chi connectivity index (χ1) is 7.27. The van der Waals surface area contributed by atoms with E-state index in [9.17, 15) is 10.1 Å².